The lowest BCUT2D eigenvalue weighted by Gasteiger charge is -2.19. The van der Waals surface area contributed by atoms with E-state index >= 15 is 0 Å². The molecule has 1 aliphatic rings. The Morgan fingerprint density at radius 1 is 1.20 bits per heavy atom. The summed E-state index contributed by atoms with van der Waals surface area (Å²) in [5.41, 5.74) is 3.38. The van der Waals surface area contributed by atoms with E-state index in [1.807, 2.05) is 31.2 Å². The average Bonchev–Trinajstić information content (AvgIpc) is 3.19. The van der Waals surface area contributed by atoms with E-state index in [0.29, 0.717) is 6.42 Å². The molecule has 2 heterocycles. The van der Waals surface area contributed by atoms with Crippen molar-refractivity contribution >= 4 is 40.6 Å². The number of hydrazine groups is 1. The molecule has 0 spiro atoms. The largest absolute Gasteiger partial charge is 0.344 e. The number of aromatic nitrogens is 2. The molecule has 8 nitrogen and oxygen atoms in total. The minimum absolute atomic E-state index is 0.0538. The van der Waals surface area contributed by atoms with Crippen LogP contribution in [-0.4, -0.2) is 43.7 Å². The fourth-order valence-corrected chi connectivity index (χ4v) is 4.22. The van der Waals surface area contributed by atoms with Gasteiger partial charge in [0.15, 0.2) is 5.16 Å². The molecular weight excluding hydrogens is 402 g/mol. The van der Waals surface area contributed by atoms with Crippen molar-refractivity contribution < 1.29 is 14.4 Å². The topological polar surface area (TPSA) is 96.3 Å². The van der Waals surface area contributed by atoms with E-state index in [0.717, 1.165) is 40.6 Å². The molecule has 0 unspecified atom stereocenters. The molecular formula is C21H29N5O3S. The van der Waals surface area contributed by atoms with E-state index in [1.165, 1.54) is 24.6 Å². The smallest absolute Gasteiger partial charge is 0.322 e. The monoisotopic (exact) mass is 431 g/mol. The number of thioether (sulfide) groups is 1. The molecule has 0 radical (unpaired) electrons. The SMILES string of the molecule is CCCCCCn1c(SCC(=O)NN2C(=O)N[C@@](C)(CC)C2=O)nc2ccccc21. The predicted octanol–water partition coefficient (Wildman–Crippen LogP) is 3.46. The van der Waals surface area contributed by atoms with Crippen molar-refractivity contribution in [2.75, 3.05) is 5.75 Å². The van der Waals surface area contributed by atoms with Gasteiger partial charge in [-0.05, 0) is 31.9 Å². The Morgan fingerprint density at radius 2 is 1.97 bits per heavy atom. The number of nitrogens with zero attached hydrogens (tertiary/aromatic N) is 3. The first-order valence-electron chi connectivity index (χ1n) is 10.4. The Balaban J connectivity index is 1.65. The predicted molar refractivity (Wildman–Crippen MR) is 117 cm³/mol. The molecule has 30 heavy (non-hydrogen) atoms. The number of hydrogen-bond donors (Lipinski definition) is 2. The Morgan fingerprint density at radius 3 is 2.67 bits per heavy atom. The van der Waals surface area contributed by atoms with Gasteiger partial charge in [-0.2, -0.15) is 5.01 Å². The molecule has 1 aromatic heterocycles. The van der Waals surface area contributed by atoms with Gasteiger partial charge in [-0.15, -0.1) is 0 Å². The van der Waals surface area contributed by atoms with Gasteiger partial charge < -0.3 is 9.88 Å². The fourth-order valence-electron chi connectivity index (χ4n) is 3.39. The Hall–Kier alpha value is -2.55. The van der Waals surface area contributed by atoms with Gasteiger partial charge in [0.1, 0.15) is 5.54 Å². The van der Waals surface area contributed by atoms with Crippen molar-refractivity contribution in [1.82, 2.24) is 25.3 Å². The number of benzene rings is 1. The molecule has 2 aromatic rings. The van der Waals surface area contributed by atoms with Gasteiger partial charge in [0.2, 0.25) is 5.91 Å². The molecule has 0 saturated carbocycles. The average molecular weight is 432 g/mol. The first kappa shape index (κ1) is 22.1. The van der Waals surface area contributed by atoms with Crippen LogP contribution in [0.5, 0.6) is 0 Å². The summed E-state index contributed by atoms with van der Waals surface area (Å²) < 4.78 is 2.14. The number of carbonyl (C=O) groups excluding carboxylic acids is 3. The summed E-state index contributed by atoms with van der Waals surface area (Å²) in [7, 11) is 0. The van der Waals surface area contributed by atoms with Gasteiger partial charge in [0.25, 0.3) is 5.91 Å². The van der Waals surface area contributed by atoms with Crippen molar-refractivity contribution in [1.29, 1.82) is 0 Å². The van der Waals surface area contributed by atoms with E-state index in [-0.39, 0.29) is 5.75 Å². The number of hydrogen-bond acceptors (Lipinski definition) is 5. The number of unbranched alkanes of at least 4 members (excludes halogenated alkanes) is 3. The van der Waals surface area contributed by atoms with Crippen LogP contribution < -0.4 is 10.7 Å². The number of amides is 4. The first-order chi connectivity index (χ1) is 14.4. The summed E-state index contributed by atoms with van der Waals surface area (Å²) >= 11 is 1.31. The number of carbonyl (C=O) groups is 3. The lowest BCUT2D eigenvalue weighted by Crippen LogP contribution is -2.49. The first-order valence-corrected chi connectivity index (χ1v) is 11.4. The van der Waals surface area contributed by atoms with Crippen LogP contribution in [0.25, 0.3) is 11.0 Å². The van der Waals surface area contributed by atoms with Crippen LogP contribution >= 0.6 is 11.8 Å². The number of urea groups is 1. The molecule has 0 aliphatic carbocycles. The quantitative estimate of drug-likeness (QED) is 0.341. The highest BCUT2D eigenvalue weighted by molar-refractivity contribution is 7.99. The summed E-state index contributed by atoms with van der Waals surface area (Å²) in [6.07, 6.45) is 5.01. The molecule has 162 valence electrons. The van der Waals surface area contributed by atoms with Gasteiger partial charge >= 0.3 is 6.03 Å². The number of nitrogens with one attached hydrogen (secondary N) is 2. The minimum Gasteiger partial charge on any atom is -0.322 e. The highest BCUT2D eigenvalue weighted by Gasteiger charge is 2.47. The standard InChI is InChI=1S/C21H29N5O3S/c1-4-6-7-10-13-25-16-12-9-8-11-15(16)22-20(25)30-14-17(27)24-26-18(28)21(3,5-2)23-19(26)29/h8-9,11-12H,4-7,10,13-14H2,1-3H3,(H,23,29)(H,24,27)/t21-/m0/s1. The molecule has 1 aliphatic heterocycles. The molecule has 1 saturated heterocycles. The highest BCUT2D eigenvalue weighted by Crippen LogP contribution is 2.25. The second kappa shape index (κ2) is 9.51. The van der Waals surface area contributed by atoms with Crippen molar-refractivity contribution in [3.05, 3.63) is 24.3 Å². The van der Waals surface area contributed by atoms with Crippen LogP contribution in [0.1, 0.15) is 52.9 Å². The normalized spacial score (nSPS) is 18.8. The maximum Gasteiger partial charge on any atom is 0.344 e. The number of imidazole rings is 1. The molecule has 3 rings (SSSR count). The van der Waals surface area contributed by atoms with Gasteiger partial charge in [-0.1, -0.05) is 57.0 Å². The summed E-state index contributed by atoms with van der Waals surface area (Å²) in [6, 6.07) is 7.31. The molecule has 1 atom stereocenters. The van der Waals surface area contributed by atoms with Crippen LogP contribution in [0, 0.1) is 0 Å². The van der Waals surface area contributed by atoms with E-state index < -0.39 is 23.4 Å². The van der Waals surface area contributed by atoms with Crippen LogP contribution in [0.2, 0.25) is 0 Å². The molecule has 9 heteroatoms. The van der Waals surface area contributed by atoms with Gasteiger partial charge in [0.05, 0.1) is 16.8 Å². The zero-order valence-corrected chi connectivity index (χ0v) is 18.6. The van der Waals surface area contributed by atoms with Crippen LogP contribution in [0.15, 0.2) is 29.4 Å². The number of imide groups is 1. The Kier molecular flexibility index (Phi) is 7.02. The third-order valence-corrected chi connectivity index (χ3v) is 6.37. The summed E-state index contributed by atoms with van der Waals surface area (Å²) in [5, 5.41) is 4.16. The van der Waals surface area contributed by atoms with Gasteiger partial charge in [0, 0.05) is 6.54 Å². The number of fused-ring (bicyclic) bond motifs is 1. The van der Waals surface area contributed by atoms with E-state index in [1.54, 1.807) is 6.92 Å². The third kappa shape index (κ3) is 4.61. The van der Waals surface area contributed by atoms with Crippen molar-refractivity contribution in [2.45, 2.75) is 70.1 Å². The Labute approximate surface area is 180 Å². The summed E-state index contributed by atoms with van der Waals surface area (Å²) in [5.74, 6) is -0.817. The third-order valence-electron chi connectivity index (χ3n) is 5.39. The van der Waals surface area contributed by atoms with Crippen molar-refractivity contribution in [3.63, 3.8) is 0 Å². The minimum atomic E-state index is -0.982. The van der Waals surface area contributed by atoms with Crippen LogP contribution in [-0.2, 0) is 16.1 Å². The Bertz CT molecular complexity index is 944. The maximum atomic E-state index is 12.4. The highest BCUT2D eigenvalue weighted by atomic mass is 32.2. The summed E-state index contributed by atoms with van der Waals surface area (Å²) in [6.45, 7) is 6.48. The molecule has 4 amide bonds. The zero-order chi connectivity index (χ0) is 21.7. The summed E-state index contributed by atoms with van der Waals surface area (Å²) in [4.78, 5) is 41.6. The molecule has 2 N–H and O–H groups in total. The van der Waals surface area contributed by atoms with Gasteiger partial charge in [-0.25, -0.2) is 9.78 Å². The van der Waals surface area contributed by atoms with Crippen molar-refractivity contribution in [2.24, 2.45) is 0 Å². The second-order valence-electron chi connectivity index (χ2n) is 7.68. The lowest BCUT2D eigenvalue weighted by molar-refractivity contribution is -0.137. The lowest BCUT2D eigenvalue weighted by atomic mass is 10.00. The van der Waals surface area contributed by atoms with E-state index in [9.17, 15) is 14.4 Å². The number of para-hydroxylation sites is 2. The molecule has 1 fully saturated rings. The fraction of sp³-hybridized carbons (Fsp3) is 0.524. The van der Waals surface area contributed by atoms with Crippen LogP contribution in [0.3, 0.4) is 0 Å². The molecule has 0 bridgehead atoms. The van der Waals surface area contributed by atoms with Crippen molar-refractivity contribution in [3.8, 4) is 0 Å². The van der Waals surface area contributed by atoms with E-state index in [2.05, 4.69) is 27.2 Å². The zero-order valence-electron chi connectivity index (χ0n) is 17.7. The number of aryl methyl sites for hydroxylation is 1. The molecule has 1 aromatic carbocycles. The number of rotatable bonds is 10. The van der Waals surface area contributed by atoms with E-state index in [4.69, 9.17) is 0 Å². The van der Waals surface area contributed by atoms with Crippen LogP contribution in [0.4, 0.5) is 4.79 Å². The maximum absolute atomic E-state index is 12.4. The second-order valence-corrected chi connectivity index (χ2v) is 8.62. The van der Waals surface area contributed by atoms with Gasteiger partial charge in [-0.3, -0.25) is 15.0 Å².